The van der Waals surface area contributed by atoms with Gasteiger partial charge in [-0.25, -0.2) is 0 Å². The molecule has 0 N–H and O–H groups in total. The molecule has 0 heteroatoms. The third-order valence-corrected chi connectivity index (χ3v) is 4.39. The molecule has 0 unspecified atom stereocenters. The van der Waals surface area contributed by atoms with Crippen LogP contribution in [0.5, 0.6) is 0 Å². The van der Waals surface area contributed by atoms with Crippen LogP contribution >= 0.6 is 0 Å². The zero-order valence-electron chi connectivity index (χ0n) is 17.6. The Morgan fingerprint density at radius 3 is 2.25 bits per heavy atom. The fourth-order valence-electron chi connectivity index (χ4n) is 3.16. The molecule has 0 heterocycles. The molecule has 0 atom stereocenters. The summed E-state index contributed by atoms with van der Waals surface area (Å²) in [5.74, 6) is 0.473. The highest BCUT2D eigenvalue weighted by molar-refractivity contribution is 5.75. The number of hydrogen-bond acceptors (Lipinski definition) is 0. The first-order valence-corrected chi connectivity index (χ1v) is 8.55. The lowest BCUT2D eigenvalue weighted by Gasteiger charge is -2.15. The predicted molar refractivity (Wildman–Crippen MR) is 105 cm³/mol. The maximum atomic E-state index is 7.96. The quantitative estimate of drug-likeness (QED) is 0.494. The van der Waals surface area contributed by atoms with Crippen molar-refractivity contribution in [1.29, 1.82) is 0 Å². The molecule has 0 saturated heterocycles. The van der Waals surface area contributed by atoms with E-state index in [1.165, 1.54) is 0 Å². The Bertz CT molecular complexity index is 922. The summed E-state index contributed by atoms with van der Waals surface area (Å²) in [6.07, 6.45) is 0.870. The molecule has 3 rings (SSSR count). The normalized spacial score (nSPS) is 13.4. The molecule has 0 bridgehead atoms. The summed E-state index contributed by atoms with van der Waals surface area (Å²) in [4.78, 5) is 0. The van der Waals surface area contributed by atoms with E-state index in [-0.39, 0.29) is 0 Å². The van der Waals surface area contributed by atoms with E-state index in [2.05, 4.69) is 50.2 Å². The van der Waals surface area contributed by atoms with E-state index in [1.807, 2.05) is 37.3 Å². The van der Waals surface area contributed by atoms with Crippen molar-refractivity contribution in [3.8, 4) is 22.3 Å². The average molecular weight is 317 g/mol. The third kappa shape index (κ3) is 3.59. The lowest BCUT2D eigenvalue weighted by molar-refractivity contribution is 0.647. The van der Waals surface area contributed by atoms with Crippen LogP contribution in [-0.2, 0) is 6.42 Å². The SMILES string of the molecule is [2H]C([2H])([2H])c1cc(CC(C)C)cc(-c2cccc(-c3ccccc3)c2)c1C. The first-order valence-electron chi connectivity index (χ1n) is 10.1. The fourth-order valence-corrected chi connectivity index (χ4v) is 3.16. The summed E-state index contributed by atoms with van der Waals surface area (Å²) in [7, 11) is 0. The van der Waals surface area contributed by atoms with Crippen molar-refractivity contribution in [2.75, 3.05) is 0 Å². The molecule has 0 radical (unpaired) electrons. The van der Waals surface area contributed by atoms with Crippen LogP contribution in [0.15, 0.2) is 66.7 Å². The highest BCUT2D eigenvalue weighted by atomic mass is 14.1. The van der Waals surface area contributed by atoms with Crippen LogP contribution in [0.25, 0.3) is 22.3 Å². The van der Waals surface area contributed by atoms with Gasteiger partial charge < -0.3 is 0 Å². The van der Waals surface area contributed by atoms with Gasteiger partial charge in [0, 0.05) is 4.11 Å². The molecule has 0 aliphatic carbocycles. The second kappa shape index (κ2) is 7.05. The van der Waals surface area contributed by atoms with Crippen LogP contribution in [0.4, 0.5) is 0 Å². The Labute approximate surface area is 150 Å². The van der Waals surface area contributed by atoms with Gasteiger partial charge in [-0.05, 0) is 71.1 Å². The summed E-state index contributed by atoms with van der Waals surface area (Å²) in [6, 6.07) is 22.6. The molecular formula is C24H26. The van der Waals surface area contributed by atoms with Gasteiger partial charge in [0.2, 0.25) is 0 Å². The molecule has 0 fully saturated rings. The van der Waals surface area contributed by atoms with Gasteiger partial charge in [-0.2, -0.15) is 0 Å². The Morgan fingerprint density at radius 2 is 1.54 bits per heavy atom. The van der Waals surface area contributed by atoms with Crippen LogP contribution in [0, 0.1) is 19.7 Å². The number of aryl methyl sites for hydroxylation is 1. The van der Waals surface area contributed by atoms with Gasteiger partial charge in [-0.15, -0.1) is 0 Å². The molecule has 0 aromatic heterocycles. The Morgan fingerprint density at radius 1 is 0.833 bits per heavy atom. The van der Waals surface area contributed by atoms with Crippen molar-refractivity contribution >= 4 is 0 Å². The number of hydrogen-bond donors (Lipinski definition) is 0. The van der Waals surface area contributed by atoms with Gasteiger partial charge >= 0.3 is 0 Å². The summed E-state index contributed by atoms with van der Waals surface area (Å²) in [5.41, 5.74) is 6.75. The smallest absolute Gasteiger partial charge is 0.0280 e. The van der Waals surface area contributed by atoms with Gasteiger partial charge in [0.05, 0.1) is 0 Å². The minimum Gasteiger partial charge on any atom is -0.0625 e. The molecule has 3 aromatic carbocycles. The van der Waals surface area contributed by atoms with E-state index >= 15 is 0 Å². The molecule has 0 nitrogen and oxygen atoms in total. The van der Waals surface area contributed by atoms with Crippen molar-refractivity contribution in [2.24, 2.45) is 5.92 Å². The van der Waals surface area contributed by atoms with Gasteiger partial charge in [-0.1, -0.05) is 74.5 Å². The molecule has 0 aliphatic rings. The molecule has 0 spiro atoms. The molecule has 24 heavy (non-hydrogen) atoms. The van der Waals surface area contributed by atoms with Crippen LogP contribution in [0.2, 0.25) is 0 Å². The Kier molecular flexibility index (Phi) is 3.82. The first-order chi connectivity index (χ1) is 12.8. The highest BCUT2D eigenvalue weighted by Gasteiger charge is 2.09. The number of rotatable bonds is 4. The average Bonchev–Trinajstić information content (AvgIpc) is 2.62. The fraction of sp³-hybridized carbons (Fsp3) is 0.250. The van der Waals surface area contributed by atoms with Crippen molar-refractivity contribution in [2.45, 2.75) is 34.0 Å². The monoisotopic (exact) mass is 317 g/mol. The molecule has 0 aliphatic heterocycles. The first kappa shape index (κ1) is 13.0. The van der Waals surface area contributed by atoms with Crippen LogP contribution in [-0.4, -0.2) is 0 Å². The van der Waals surface area contributed by atoms with Gasteiger partial charge in [0.1, 0.15) is 0 Å². The molecule has 0 amide bonds. The second-order valence-electron chi connectivity index (χ2n) is 6.86. The van der Waals surface area contributed by atoms with E-state index in [0.29, 0.717) is 11.5 Å². The summed E-state index contributed by atoms with van der Waals surface area (Å²) < 4.78 is 23.9. The van der Waals surface area contributed by atoms with Gasteiger partial charge in [0.15, 0.2) is 0 Å². The third-order valence-electron chi connectivity index (χ3n) is 4.39. The Hall–Kier alpha value is -2.34. The zero-order chi connectivity index (χ0) is 19.6. The minimum absolute atomic E-state index is 0.459. The van der Waals surface area contributed by atoms with Crippen LogP contribution in [0.1, 0.15) is 34.7 Å². The standard InChI is InChI=1S/C24H26/c1-17(2)13-20-14-18(3)19(4)24(15-20)23-12-8-11-22(16-23)21-9-6-5-7-10-21/h5-12,14-17H,13H2,1-4H3/i3D3. The van der Waals surface area contributed by atoms with E-state index < -0.39 is 6.85 Å². The lowest BCUT2D eigenvalue weighted by atomic mass is 9.90. The van der Waals surface area contributed by atoms with Crippen LogP contribution < -0.4 is 0 Å². The second-order valence-corrected chi connectivity index (χ2v) is 6.86. The lowest BCUT2D eigenvalue weighted by Crippen LogP contribution is -1.97. The maximum absolute atomic E-state index is 7.96. The topological polar surface area (TPSA) is 0 Å². The van der Waals surface area contributed by atoms with E-state index in [1.54, 1.807) is 0 Å². The molecule has 3 aromatic rings. The summed E-state index contributed by atoms with van der Waals surface area (Å²) >= 11 is 0. The summed E-state index contributed by atoms with van der Waals surface area (Å²) in [5, 5.41) is 0. The minimum atomic E-state index is -2.11. The summed E-state index contributed by atoms with van der Waals surface area (Å²) in [6.45, 7) is 4.13. The largest absolute Gasteiger partial charge is 0.0625 e. The van der Waals surface area contributed by atoms with Gasteiger partial charge in [-0.3, -0.25) is 0 Å². The van der Waals surface area contributed by atoms with Crippen molar-refractivity contribution < 1.29 is 4.11 Å². The van der Waals surface area contributed by atoms with Crippen molar-refractivity contribution in [3.05, 3.63) is 83.4 Å². The highest BCUT2D eigenvalue weighted by Crippen LogP contribution is 2.31. The molecular weight excluding hydrogens is 288 g/mol. The van der Waals surface area contributed by atoms with Crippen molar-refractivity contribution in [1.82, 2.24) is 0 Å². The van der Waals surface area contributed by atoms with Crippen molar-refractivity contribution in [3.63, 3.8) is 0 Å². The predicted octanol–water partition coefficient (Wildman–Crippen LogP) is 6.84. The van der Waals surface area contributed by atoms with E-state index in [0.717, 1.165) is 39.8 Å². The zero-order valence-corrected chi connectivity index (χ0v) is 14.6. The van der Waals surface area contributed by atoms with E-state index in [4.69, 9.17) is 4.11 Å². The number of benzene rings is 3. The van der Waals surface area contributed by atoms with E-state index in [9.17, 15) is 0 Å². The molecule has 122 valence electrons. The molecule has 0 saturated carbocycles. The Balaban J connectivity index is 2.16. The van der Waals surface area contributed by atoms with Gasteiger partial charge in [0.25, 0.3) is 0 Å². The maximum Gasteiger partial charge on any atom is 0.0280 e. The van der Waals surface area contributed by atoms with Crippen LogP contribution in [0.3, 0.4) is 0 Å².